The lowest BCUT2D eigenvalue weighted by Crippen LogP contribution is -2.28. The highest BCUT2D eigenvalue weighted by molar-refractivity contribution is 5.42. The van der Waals surface area contributed by atoms with E-state index in [2.05, 4.69) is 19.6 Å². The molecule has 4 nitrogen and oxygen atoms in total. The maximum Gasteiger partial charge on any atom is 0.157 e. The first kappa shape index (κ1) is 23.9. The zero-order valence-corrected chi connectivity index (χ0v) is 18.7. The normalized spacial score (nSPS) is 18.9. The monoisotopic (exact) mass is 404 g/mol. The van der Waals surface area contributed by atoms with E-state index in [-0.39, 0.29) is 18.5 Å². The van der Waals surface area contributed by atoms with Crippen molar-refractivity contribution < 1.29 is 18.9 Å². The Kier molecular flexibility index (Phi) is 11.4. The van der Waals surface area contributed by atoms with Crippen LogP contribution in [0.3, 0.4) is 0 Å². The molecule has 1 unspecified atom stereocenters. The van der Waals surface area contributed by atoms with Gasteiger partial charge in [-0.15, -0.1) is 6.58 Å². The lowest BCUT2D eigenvalue weighted by atomic mass is 9.94. The zero-order chi connectivity index (χ0) is 20.9. The third-order valence-corrected chi connectivity index (χ3v) is 5.73. The Labute approximate surface area is 177 Å². The van der Waals surface area contributed by atoms with Gasteiger partial charge in [0.2, 0.25) is 0 Å². The first-order valence-electron chi connectivity index (χ1n) is 11.3. The molecule has 0 saturated carbocycles. The van der Waals surface area contributed by atoms with E-state index >= 15 is 0 Å². The fourth-order valence-corrected chi connectivity index (χ4v) is 4.11. The summed E-state index contributed by atoms with van der Waals surface area (Å²) in [5, 5.41) is 0. The quantitative estimate of drug-likeness (QED) is 0.266. The van der Waals surface area contributed by atoms with Crippen molar-refractivity contribution in [1.29, 1.82) is 0 Å². The summed E-state index contributed by atoms with van der Waals surface area (Å²) in [5.41, 5.74) is 2.35. The van der Waals surface area contributed by atoms with Crippen LogP contribution in [0.15, 0.2) is 30.9 Å². The van der Waals surface area contributed by atoms with Crippen LogP contribution in [0.2, 0.25) is 0 Å². The lowest BCUT2D eigenvalue weighted by Gasteiger charge is -2.29. The summed E-state index contributed by atoms with van der Waals surface area (Å²) in [6.45, 7) is 6.97. The number of unbranched alkanes of at least 4 members (excludes halogenated alkanes) is 2. The Balaban J connectivity index is 2.05. The molecule has 1 aliphatic rings. The summed E-state index contributed by atoms with van der Waals surface area (Å²) in [6.07, 6.45) is 12.9. The van der Waals surface area contributed by atoms with Crippen molar-refractivity contribution in [2.45, 2.75) is 89.6 Å². The predicted molar refractivity (Wildman–Crippen MR) is 118 cm³/mol. The topological polar surface area (TPSA) is 36.9 Å². The molecule has 0 amide bonds. The summed E-state index contributed by atoms with van der Waals surface area (Å²) in [7, 11) is 3.51. The van der Waals surface area contributed by atoms with Crippen LogP contribution in [-0.4, -0.2) is 33.2 Å². The number of methoxy groups -OCH3 is 2. The van der Waals surface area contributed by atoms with Crippen LogP contribution in [0.4, 0.5) is 0 Å². The molecule has 1 aliphatic heterocycles. The number of hydrogen-bond acceptors (Lipinski definition) is 4. The van der Waals surface area contributed by atoms with Crippen molar-refractivity contribution in [2.24, 2.45) is 0 Å². The van der Waals surface area contributed by atoms with Crippen LogP contribution in [0, 0.1) is 0 Å². The largest absolute Gasteiger partial charge is 0.496 e. The van der Waals surface area contributed by atoms with E-state index in [1.165, 1.54) is 31.2 Å². The van der Waals surface area contributed by atoms with Crippen molar-refractivity contribution in [1.82, 2.24) is 0 Å². The highest BCUT2D eigenvalue weighted by atomic mass is 16.7. The second-order valence-electron chi connectivity index (χ2n) is 7.87. The molecule has 1 aromatic carbocycles. The first-order chi connectivity index (χ1) is 14.2. The number of allylic oxidation sites excluding steroid dienone is 1. The van der Waals surface area contributed by atoms with Crippen molar-refractivity contribution >= 4 is 0 Å². The van der Waals surface area contributed by atoms with Gasteiger partial charge in [-0.05, 0) is 56.6 Å². The molecular formula is C25H40O4. The second-order valence-corrected chi connectivity index (χ2v) is 7.87. The van der Waals surface area contributed by atoms with Gasteiger partial charge in [-0.25, -0.2) is 0 Å². The average Bonchev–Trinajstić information content (AvgIpc) is 2.75. The molecule has 0 aliphatic carbocycles. The lowest BCUT2D eigenvalue weighted by molar-refractivity contribution is -0.191. The molecule has 1 saturated heterocycles. The van der Waals surface area contributed by atoms with E-state index in [1.54, 1.807) is 14.2 Å². The predicted octanol–water partition coefficient (Wildman–Crippen LogP) is 6.38. The Bertz CT molecular complexity index is 580. The summed E-state index contributed by atoms with van der Waals surface area (Å²) >= 11 is 0. The Morgan fingerprint density at radius 3 is 2.69 bits per heavy atom. The minimum atomic E-state index is -0.0375. The minimum absolute atomic E-state index is 0.0181. The van der Waals surface area contributed by atoms with E-state index in [9.17, 15) is 0 Å². The standard InChI is InChI=1S/C25H40O4/c1-5-7-8-13-20(29-25-16-9-10-19-28-25)17-18-24(27-4)22-14-11-15-23(26-3)21(22)12-6-2/h6,11,14-15,20,24-25H,2,5,7-10,12-13,16-19H2,1,3-4H3/t20-,24+,25?/m0/s1. The molecule has 1 heterocycles. The molecule has 3 atom stereocenters. The summed E-state index contributed by atoms with van der Waals surface area (Å²) in [6, 6.07) is 6.19. The van der Waals surface area contributed by atoms with E-state index in [4.69, 9.17) is 18.9 Å². The fraction of sp³-hybridized carbons (Fsp3) is 0.680. The molecule has 0 radical (unpaired) electrons. The molecule has 0 spiro atoms. The van der Waals surface area contributed by atoms with Gasteiger partial charge in [0.25, 0.3) is 0 Å². The van der Waals surface area contributed by atoms with Gasteiger partial charge in [0.1, 0.15) is 5.75 Å². The average molecular weight is 405 g/mol. The molecule has 0 N–H and O–H groups in total. The van der Waals surface area contributed by atoms with E-state index < -0.39 is 0 Å². The van der Waals surface area contributed by atoms with E-state index in [0.29, 0.717) is 0 Å². The van der Waals surface area contributed by atoms with Crippen LogP contribution in [0.25, 0.3) is 0 Å². The molecule has 164 valence electrons. The van der Waals surface area contributed by atoms with Crippen LogP contribution in [-0.2, 0) is 20.6 Å². The SMILES string of the molecule is C=CCc1c(OC)cccc1[C@@H](CC[C@H](CCCCC)OC1CCCCO1)OC. The summed E-state index contributed by atoms with van der Waals surface area (Å²) < 4.78 is 23.7. The van der Waals surface area contributed by atoms with Crippen LogP contribution >= 0.6 is 0 Å². The van der Waals surface area contributed by atoms with Crippen LogP contribution < -0.4 is 4.74 Å². The van der Waals surface area contributed by atoms with Crippen molar-refractivity contribution in [3.8, 4) is 5.75 Å². The number of ether oxygens (including phenoxy) is 4. The van der Waals surface area contributed by atoms with Gasteiger partial charge < -0.3 is 18.9 Å². The molecule has 2 rings (SSSR count). The van der Waals surface area contributed by atoms with Crippen LogP contribution in [0.1, 0.15) is 81.9 Å². The van der Waals surface area contributed by atoms with Crippen molar-refractivity contribution in [3.63, 3.8) is 0 Å². The van der Waals surface area contributed by atoms with Gasteiger partial charge in [0.15, 0.2) is 6.29 Å². The number of benzene rings is 1. The first-order valence-corrected chi connectivity index (χ1v) is 11.3. The maximum atomic E-state index is 6.37. The van der Waals surface area contributed by atoms with Crippen molar-refractivity contribution in [2.75, 3.05) is 20.8 Å². The zero-order valence-electron chi connectivity index (χ0n) is 18.7. The van der Waals surface area contributed by atoms with E-state index in [0.717, 1.165) is 56.4 Å². The van der Waals surface area contributed by atoms with Crippen molar-refractivity contribution in [3.05, 3.63) is 42.0 Å². The molecular weight excluding hydrogens is 364 g/mol. The molecule has 1 fully saturated rings. The van der Waals surface area contributed by atoms with Gasteiger partial charge in [0, 0.05) is 19.3 Å². The molecule has 0 bridgehead atoms. The number of rotatable bonds is 14. The highest BCUT2D eigenvalue weighted by Gasteiger charge is 2.23. The molecule has 4 heteroatoms. The van der Waals surface area contributed by atoms with Gasteiger partial charge >= 0.3 is 0 Å². The smallest absolute Gasteiger partial charge is 0.157 e. The summed E-state index contributed by atoms with van der Waals surface area (Å²) in [4.78, 5) is 0. The Hall–Kier alpha value is -1.36. The third kappa shape index (κ3) is 7.76. The second kappa shape index (κ2) is 13.8. The van der Waals surface area contributed by atoms with Gasteiger partial charge in [-0.2, -0.15) is 0 Å². The van der Waals surface area contributed by atoms with Gasteiger partial charge in [-0.1, -0.05) is 44.4 Å². The molecule has 0 aromatic heterocycles. The van der Waals surface area contributed by atoms with Gasteiger partial charge in [0.05, 0.1) is 19.3 Å². The number of hydrogen-bond donors (Lipinski definition) is 0. The molecule has 1 aromatic rings. The Morgan fingerprint density at radius 1 is 1.17 bits per heavy atom. The van der Waals surface area contributed by atoms with Gasteiger partial charge in [-0.3, -0.25) is 0 Å². The maximum absolute atomic E-state index is 6.37. The molecule has 29 heavy (non-hydrogen) atoms. The summed E-state index contributed by atoms with van der Waals surface area (Å²) in [5.74, 6) is 0.899. The highest BCUT2D eigenvalue weighted by Crippen LogP contribution is 2.33. The Morgan fingerprint density at radius 2 is 2.03 bits per heavy atom. The third-order valence-electron chi connectivity index (χ3n) is 5.73. The fourth-order valence-electron chi connectivity index (χ4n) is 4.11. The van der Waals surface area contributed by atoms with E-state index in [1.807, 2.05) is 18.2 Å². The minimum Gasteiger partial charge on any atom is -0.496 e. The van der Waals surface area contributed by atoms with Crippen LogP contribution in [0.5, 0.6) is 5.75 Å².